The van der Waals surface area contributed by atoms with Gasteiger partial charge in [0.2, 0.25) is 5.91 Å². The maximum atomic E-state index is 14.3. The summed E-state index contributed by atoms with van der Waals surface area (Å²) >= 11 is 0. The van der Waals surface area contributed by atoms with Crippen LogP contribution in [-0.2, 0) is 14.3 Å². The summed E-state index contributed by atoms with van der Waals surface area (Å²) in [6.45, 7) is 4.68. The fourth-order valence-corrected chi connectivity index (χ4v) is 2.71. The van der Waals surface area contributed by atoms with Gasteiger partial charge in [0.05, 0.1) is 12.6 Å². The van der Waals surface area contributed by atoms with E-state index in [-0.39, 0.29) is 18.4 Å². The van der Waals surface area contributed by atoms with E-state index in [0.717, 1.165) is 11.1 Å². The first-order valence-electron chi connectivity index (χ1n) is 9.25. The largest absolute Gasteiger partial charge is 0.462 e. The molecule has 150 valence electrons. The summed E-state index contributed by atoms with van der Waals surface area (Å²) in [5, 5.41) is 2.62. The van der Waals surface area contributed by atoms with Crippen molar-refractivity contribution in [1.29, 1.82) is 0 Å². The lowest BCUT2D eigenvalue weighted by molar-refractivity contribution is -0.173. The molecule has 0 aliphatic rings. The van der Waals surface area contributed by atoms with Gasteiger partial charge in [0.15, 0.2) is 0 Å². The zero-order valence-corrected chi connectivity index (χ0v) is 16.2. The zero-order valence-electron chi connectivity index (χ0n) is 16.2. The Hall–Kier alpha value is -2.76. The van der Waals surface area contributed by atoms with Crippen LogP contribution in [-0.4, -0.2) is 24.4 Å². The van der Waals surface area contributed by atoms with E-state index in [1.807, 2.05) is 42.5 Å². The Kier molecular flexibility index (Phi) is 7.26. The van der Waals surface area contributed by atoms with Gasteiger partial charge in [-0.1, -0.05) is 68.4 Å². The van der Waals surface area contributed by atoms with Crippen LogP contribution >= 0.6 is 0 Å². The van der Waals surface area contributed by atoms with Crippen molar-refractivity contribution in [3.63, 3.8) is 0 Å². The van der Waals surface area contributed by atoms with Gasteiger partial charge in [-0.05, 0) is 23.6 Å². The Morgan fingerprint density at radius 3 is 2.11 bits per heavy atom. The van der Waals surface area contributed by atoms with Crippen LogP contribution in [0.2, 0.25) is 0 Å². The van der Waals surface area contributed by atoms with Crippen molar-refractivity contribution in [3.05, 3.63) is 60.2 Å². The molecule has 1 atom stereocenters. The van der Waals surface area contributed by atoms with E-state index in [0.29, 0.717) is 5.56 Å². The van der Waals surface area contributed by atoms with Gasteiger partial charge >= 0.3 is 11.9 Å². The molecule has 6 heteroatoms. The highest BCUT2D eigenvalue weighted by Gasteiger charge is 2.43. The molecule has 2 aromatic rings. The van der Waals surface area contributed by atoms with E-state index in [1.54, 1.807) is 26.0 Å². The van der Waals surface area contributed by atoms with Crippen LogP contribution in [0.4, 0.5) is 8.78 Å². The number of halogens is 2. The van der Waals surface area contributed by atoms with Crippen LogP contribution in [0.15, 0.2) is 54.6 Å². The average molecular weight is 389 g/mol. The third-order valence-electron chi connectivity index (χ3n) is 4.30. The third-order valence-corrected chi connectivity index (χ3v) is 4.30. The molecule has 0 saturated heterocycles. The second-order valence-corrected chi connectivity index (χ2v) is 6.83. The minimum atomic E-state index is -3.71. The number of carbonyl (C=O) groups excluding carboxylic acids is 2. The number of ether oxygens (including phenoxy) is 1. The van der Waals surface area contributed by atoms with Crippen molar-refractivity contribution >= 4 is 11.9 Å². The number of hydrogen-bond acceptors (Lipinski definition) is 3. The maximum absolute atomic E-state index is 14.3. The number of rotatable bonds is 8. The standard InChI is InChI=1S/C22H25F2NO3/c1-4-28-21(27)22(23,24)14-19(25-20(26)15(2)3)18-12-10-17(11-13-18)16-8-6-5-7-9-16/h5-13,15,19H,4,14H2,1-3H3,(H,25,26). The van der Waals surface area contributed by atoms with E-state index < -0.39 is 24.4 Å². The molecule has 0 aromatic heterocycles. The molecular weight excluding hydrogens is 364 g/mol. The Labute approximate surface area is 163 Å². The molecule has 28 heavy (non-hydrogen) atoms. The summed E-state index contributed by atoms with van der Waals surface area (Å²) in [7, 11) is 0. The first-order valence-corrected chi connectivity index (χ1v) is 9.25. The first kappa shape index (κ1) is 21.5. The number of carbonyl (C=O) groups is 2. The van der Waals surface area contributed by atoms with Crippen LogP contribution in [0.5, 0.6) is 0 Å². The number of amides is 1. The van der Waals surface area contributed by atoms with Crippen molar-refractivity contribution in [1.82, 2.24) is 5.32 Å². The van der Waals surface area contributed by atoms with Gasteiger partial charge in [0, 0.05) is 12.3 Å². The van der Waals surface area contributed by atoms with Crippen molar-refractivity contribution in [3.8, 4) is 11.1 Å². The topological polar surface area (TPSA) is 55.4 Å². The lowest BCUT2D eigenvalue weighted by Crippen LogP contribution is -2.39. The summed E-state index contributed by atoms with van der Waals surface area (Å²) in [6, 6.07) is 15.6. The summed E-state index contributed by atoms with van der Waals surface area (Å²) in [6.07, 6.45) is -0.866. The molecule has 0 bridgehead atoms. The smallest absolute Gasteiger partial charge is 0.377 e. The van der Waals surface area contributed by atoms with Crippen LogP contribution in [0.3, 0.4) is 0 Å². The summed E-state index contributed by atoms with van der Waals surface area (Å²) in [4.78, 5) is 23.7. The van der Waals surface area contributed by atoms with E-state index in [1.165, 1.54) is 6.92 Å². The second kappa shape index (κ2) is 9.44. The van der Waals surface area contributed by atoms with Crippen molar-refractivity contribution in [2.45, 2.75) is 39.2 Å². The molecule has 1 amide bonds. The summed E-state index contributed by atoms with van der Waals surface area (Å²) in [5.41, 5.74) is 2.42. The monoisotopic (exact) mass is 389 g/mol. The fraction of sp³-hybridized carbons (Fsp3) is 0.364. The number of esters is 1. The van der Waals surface area contributed by atoms with E-state index >= 15 is 0 Å². The first-order chi connectivity index (χ1) is 13.2. The molecule has 1 N–H and O–H groups in total. The van der Waals surface area contributed by atoms with Crippen molar-refractivity contribution in [2.75, 3.05) is 6.61 Å². The Balaban J connectivity index is 2.28. The quantitative estimate of drug-likeness (QED) is 0.663. The molecule has 0 spiro atoms. The molecule has 1 unspecified atom stereocenters. The lowest BCUT2D eigenvalue weighted by atomic mass is 9.96. The van der Waals surface area contributed by atoms with Crippen molar-refractivity contribution < 1.29 is 23.1 Å². The molecule has 2 aromatic carbocycles. The SMILES string of the molecule is CCOC(=O)C(F)(F)CC(NC(=O)C(C)C)c1ccc(-c2ccccc2)cc1. The molecule has 0 heterocycles. The summed E-state index contributed by atoms with van der Waals surface area (Å²) in [5.74, 6) is -6.03. The Morgan fingerprint density at radius 2 is 1.57 bits per heavy atom. The highest BCUT2D eigenvalue weighted by molar-refractivity contribution is 5.79. The fourth-order valence-electron chi connectivity index (χ4n) is 2.71. The van der Waals surface area contributed by atoms with Gasteiger partial charge in [-0.25, -0.2) is 4.79 Å². The summed E-state index contributed by atoms with van der Waals surface area (Å²) < 4.78 is 33.1. The number of alkyl halides is 2. The van der Waals surface area contributed by atoms with Crippen LogP contribution in [0.1, 0.15) is 38.8 Å². The van der Waals surface area contributed by atoms with Gasteiger partial charge in [-0.15, -0.1) is 0 Å². The number of nitrogens with one attached hydrogen (secondary N) is 1. The molecule has 0 saturated carbocycles. The molecule has 0 radical (unpaired) electrons. The minimum absolute atomic E-state index is 0.136. The number of benzene rings is 2. The minimum Gasteiger partial charge on any atom is -0.462 e. The molecule has 4 nitrogen and oxygen atoms in total. The normalized spacial score (nSPS) is 12.5. The molecular formula is C22H25F2NO3. The Bertz CT molecular complexity index is 789. The van der Waals surface area contributed by atoms with Crippen molar-refractivity contribution in [2.24, 2.45) is 5.92 Å². The third kappa shape index (κ3) is 5.62. The maximum Gasteiger partial charge on any atom is 0.377 e. The van der Waals surface area contributed by atoms with Crippen LogP contribution in [0.25, 0.3) is 11.1 Å². The van der Waals surface area contributed by atoms with Gasteiger partial charge in [0.25, 0.3) is 0 Å². The van der Waals surface area contributed by atoms with Crippen LogP contribution < -0.4 is 5.32 Å². The molecule has 0 aliphatic carbocycles. The predicted molar refractivity (Wildman–Crippen MR) is 104 cm³/mol. The van der Waals surface area contributed by atoms with Crippen LogP contribution in [0, 0.1) is 5.92 Å². The molecule has 0 aliphatic heterocycles. The van der Waals surface area contributed by atoms with E-state index in [2.05, 4.69) is 10.1 Å². The van der Waals surface area contributed by atoms with Gasteiger partial charge in [0.1, 0.15) is 0 Å². The molecule has 0 fully saturated rings. The number of hydrogen-bond donors (Lipinski definition) is 1. The second-order valence-electron chi connectivity index (χ2n) is 6.83. The highest BCUT2D eigenvalue weighted by Crippen LogP contribution is 2.31. The van der Waals surface area contributed by atoms with E-state index in [4.69, 9.17) is 0 Å². The zero-order chi connectivity index (χ0) is 20.7. The van der Waals surface area contributed by atoms with Gasteiger partial charge in [-0.2, -0.15) is 8.78 Å². The predicted octanol–water partition coefficient (Wildman–Crippen LogP) is 4.76. The Morgan fingerprint density at radius 1 is 1.00 bits per heavy atom. The lowest BCUT2D eigenvalue weighted by Gasteiger charge is -2.24. The molecule has 2 rings (SSSR count). The van der Waals surface area contributed by atoms with E-state index in [9.17, 15) is 18.4 Å². The van der Waals surface area contributed by atoms with Gasteiger partial charge in [-0.3, -0.25) is 4.79 Å². The highest BCUT2D eigenvalue weighted by atomic mass is 19.3. The average Bonchev–Trinajstić information content (AvgIpc) is 2.68. The van der Waals surface area contributed by atoms with Gasteiger partial charge < -0.3 is 10.1 Å².